The van der Waals surface area contributed by atoms with Crippen LogP contribution in [0.5, 0.6) is 0 Å². The van der Waals surface area contributed by atoms with E-state index < -0.39 is 0 Å². The van der Waals surface area contributed by atoms with Gasteiger partial charge in [-0.1, -0.05) is 0 Å². The number of hydrogen-bond donors (Lipinski definition) is 1. The first kappa shape index (κ1) is 12.6. The van der Waals surface area contributed by atoms with Crippen LogP contribution in [0.3, 0.4) is 0 Å². The maximum absolute atomic E-state index is 3.64. The highest BCUT2D eigenvalue weighted by molar-refractivity contribution is 7.12. The van der Waals surface area contributed by atoms with Crippen LogP contribution < -0.4 is 5.32 Å². The van der Waals surface area contributed by atoms with E-state index in [0.29, 0.717) is 0 Å². The van der Waals surface area contributed by atoms with Crippen LogP contribution in [0, 0.1) is 13.8 Å². The number of aryl methyl sites for hydroxylation is 2. The Kier molecular flexibility index (Phi) is 3.73. The SMILES string of the molecule is Cc1cc(CN(CC2CCCN2)C2CC2)c(C)s1. The smallest absolute Gasteiger partial charge is 0.0248 e. The van der Waals surface area contributed by atoms with Gasteiger partial charge in [-0.3, -0.25) is 4.90 Å². The summed E-state index contributed by atoms with van der Waals surface area (Å²) in [5.41, 5.74) is 1.56. The molecule has 1 aliphatic heterocycles. The minimum atomic E-state index is 0.741. The third-order valence-corrected chi connectivity index (χ3v) is 5.21. The van der Waals surface area contributed by atoms with Crippen molar-refractivity contribution in [2.45, 2.75) is 58.2 Å². The zero-order valence-electron chi connectivity index (χ0n) is 11.5. The van der Waals surface area contributed by atoms with Crippen molar-refractivity contribution in [3.63, 3.8) is 0 Å². The lowest BCUT2D eigenvalue weighted by atomic mass is 10.2. The highest BCUT2D eigenvalue weighted by atomic mass is 32.1. The first-order valence-electron chi connectivity index (χ1n) is 7.26. The summed E-state index contributed by atoms with van der Waals surface area (Å²) in [6.07, 6.45) is 5.55. The van der Waals surface area contributed by atoms with Crippen molar-refractivity contribution in [2.24, 2.45) is 0 Å². The molecule has 0 radical (unpaired) electrons. The van der Waals surface area contributed by atoms with E-state index in [1.165, 1.54) is 55.1 Å². The van der Waals surface area contributed by atoms with Crippen molar-refractivity contribution < 1.29 is 0 Å². The molecular formula is C15H24N2S. The molecule has 0 bridgehead atoms. The number of hydrogen-bond acceptors (Lipinski definition) is 3. The molecule has 2 nitrogen and oxygen atoms in total. The van der Waals surface area contributed by atoms with E-state index in [1.807, 2.05) is 11.3 Å². The van der Waals surface area contributed by atoms with Crippen LogP contribution in [0.2, 0.25) is 0 Å². The fraction of sp³-hybridized carbons (Fsp3) is 0.733. The first-order valence-corrected chi connectivity index (χ1v) is 8.07. The standard InChI is InChI=1S/C15H24N2S/c1-11-8-13(12(2)18-11)9-17(15-5-6-15)10-14-4-3-7-16-14/h8,14-16H,3-7,9-10H2,1-2H3. The van der Waals surface area contributed by atoms with Crippen LogP contribution in [0.25, 0.3) is 0 Å². The second-order valence-electron chi connectivity index (χ2n) is 5.89. The van der Waals surface area contributed by atoms with Crippen molar-refractivity contribution in [1.29, 1.82) is 0 Å². The summed E-state index contributed by atoms with van der Waals surface area (Å²) in [6.45, 7) is 8.13. The molecule has 1 N–H and O–H groups in total. The highest BCUT2D eigenvalue weighted by Crippen LogP contribution is 2.31. The van der Waals surface area contributed by atoms with Gasteiger partial charge in [0.2, 0.25) is 0 Å². The molecule has 100 valence electrons. The molecule has 2 fully saturated rings. The molecule has 2 aliphatic rings. The largest absolute Gasteiger partial charge is 0.313 e. The van der Waals surface area contributed by atoms with Crippen molar-refractivity contribution >= 4 is 11.3 Å². The summed E-state index contributed by atoms with van der Waals surface area (Å²) < 4.78 is 0. The Hall–Kier alpha value is -0.380. The lowest BCUT2D eigenvalue weighted by Gasteiger charge is -2.25. The van der Waals surface area contributed by atoms with Crippen molar-refractivity contribution in [3.05, 3.63) is 21.4 Å². The zero-order valence-corrected chi connectivity index (χ0v) is 12.4. The van der Waals surface area contributed by atoms with Gasteiger partial charge in [-0.05, 0) is 57.7 Å². The second kappa shape index (κ2) is 5.32. The number of nitrogens with zero attached hydrogens (tertiary/aromatic N) is 1. The molecule has 0 spiro atoms. The summed E-state index contributed by atoms with van der Waals surface area (Å²) in [5, 5.41) is 3.64. The molecule has 1 unspecified atom stereocenters. The normalized spacial score (nSPS) is 24.1. The Morgan fingerprint density at radius 1 is 1.33 bits per heavy atom. The van der Waals surface area contributed by atoms with E-state index in [1.54, 1.807) is 5.56 Å². The van der Waals surface area contributed by atoms with Gasteiger partial charge >= 0.3 is 0 Å². The van der Waals surface area contributed by atoms with Gasteiger partial charge in [-0.25, -0.2) is 0 Å². The molecule has 18 heavy (non-hydrogen) atoms. The van der Waals surface area contributed by atoms with E-state index in [2.05, 4.69) is 30.1 Å². The van der Waals surface area contributed by atoms with Crippen LogP contribution in [-0.4, -0.2) is 30.1 Å². The van der Waals surface area contributed by atoms with E-state index in [4.69, 9.17) is 0 Å². The molecule has 1 aliphatic carbocycles. The molecule has 1 aromatic rings. The molecular weight excluding hydrogens is 240 g/mol. The Morgan fingerprint density at radius 2 is 2.17 bits per heavy atom. The monoisotopic (exact) mass is 264 g/mol. The molecule has 0 aromatic carbocycles. The quantitative estimate of drug-likeness (QED) is 0.879. The van der Waals surface area contributed by atoms with Crippen LogP contribution in [0.1, 0.15) is 41.0 Å². The van der Waals surface area contributed by atoms with Crippen LogP contribution >= 0.6 is 11.3 Å². The highest BCUT2D eigenvalue weighted by Gasteiger charge is 2.31. The molecule has 3 rings (SSSR count). The fourth-order valence-corrected chi connectivity index (χ4v) is 3.98. The van der Waals surface area contributed by atoms with Gasteiger partial charge in [0.05, 0.1) is 0 Å². The Labute approximate surface area is 114 Å². The number of thiophene rings is 1. The number of rotatable bonds is 5. The van der Waals surface area contributed by atoms with Gasteiger partial charge in [0, 0.05) is 34.9 Å². The van der Waals surface area contributed by atoms with E-state index >= 15 is 0 Å². The van der Waals surface area contributed by atoms with Gasteiger partial charge in [-0.2, -0.15) is 0 Å². The summed E-state index contributed by atoms with van der Waals surface area (Å²) in [6, 6.07) is 4.00. The minimum absolute atomic E-state index is 0.741. The summed E-state index contributed by atoms with van der Waals surface area (Å²) in [7, 11) is 0. The lowest BCUT2D eigenvalue weighted by Crippen LogP contribution is -2.38. The van der Waals surface area contributed by atoms with Crippen molar-refractivity contribution in [3.8, 4) is 0 Å². The minimum Gasteiger partial charge on any atom is -0.313 e. The second-order valence-corrected chi connectivity index (χ2v) is 7.35. The summed E-state index contributed by atoms with van der Waals surface area (Å²) >= 11 is 1.94. The average molecular weight is 264 g/mol. The summed E-state index contributed by atoms with van der Waals surface area (Å²) in [5.74, 6) is 0. The molecule has 1 aromatic heterocycles. The predicted octanol–water partition coefficient (Wildman–Crippen LogP) is 3.08. The topological polar surface area (TPSA) is 15.3 Å². The zero-order chi connectivity index (χ0) is 12.5. The Morgan fingerprint density at radius 3 is 2.72 bits per heavy atom. The van der Waals surface area contributed by atoms with Gasteiger partial charge < -0.3 is 5.32 Å². The predicted molar refractivity (Wildman–Crippen MR) is 78.2 cm³/mol. The number of nitrogens with one attached hydrogen (secondary N) is 1. The average Bonchev–Trinajstić information content (AvgIpc) is 2.96. The van der Waals surface area contributed by atoms with Gasteiger partial charge in [0.15, 0.2) is 0 Å². The maximum Gasteiger partial charge on any atom is 0.0248 e. The van der Waals surface area contributed by atoms with E-state index in [-0.39, 0.29) is 0 Å². The molecule has 2 heterocycles. The third-order valence-electron chi connectivity index (χ3n) is 4.20. The van der Waals surface area contributed by atoms with Crippen LogP contribution in [-0.2, 0) is 6.54 Å². The van der Waals surface area contributed by atoms with Gasteiger partial charge in [-0.15, -0.1) is 11.3 Å². The van der Waals surface area contributed by atoms with Crippen molar-refractivity contribution in [1.82, 2.24) is 10.2 Å². The molecule has 0 amide bonds. The molecule has 3 heteroatoms. The Bertz CT molecular complexity index is 403. The van der Waals surface area contributed by atoms with E-state index in [9.17, 15) is 0 Å². The lowest BCUT2D eigenvalue weighted by molar-refractivity contribution is 0.231. The van der Waals surface area contributed by atoms with Gasteiger partial charge in [0.25, 0.3) is 0 Å². The van der Waals surface area contributed by atoms with Crippen molar-refractivity contribution in [2.75, 3.05) is 13.1 Å². The van der Waals surface area contributed by atoms with E-state index in [0.717, 1.165) is 12.1 Å². The maximum atomic E-state index is 3.64. The molecule has 1 atom stereocenters. The Balaban J connectivity index is 1.64. The summed E-state index contributed by atoms with van der Waals surface area (Å²) in [4.78, 5) is 5.69. The molecule has 1 saturated heterocycles. The first-order chi connectivity index (χ1) is 8.72. The van der Waals surface area contributed by atoms with Crippen LogP contribution in [0.4, 0.5) is 0 Å². The third kappa shape index (κ3) is 2.95. The molecule has 1 saturated carbocycles. The van der Waals surface area contributed by atoms with Crippen LogP contribution in [0.15, 0.2) is 6.07 Å². The van der Waals surface area contributed by atoms with Gasteiger partial charge in [0.1, 0.15) is 0 Å². The fourth-order valence-electron chi connectivity index (χ4n) is 3.04.